The Balaban J connectivity index is 2.24. The van der Waals surface area contributed by atoms with E-state index in [0.717, 1.165) is 22.8 Å². The summed E-state index contributed by atoms with van der Waals surface area (Å²) < 4.78 is 0. The van der Waals surface area contributed by atoms with Gasteiger partial charge in [-0.05, 0) is 42.3 Å². The van der Waals surface area contributed by atoms with E-state index in [4.69, 9.17) is 17.3 Å². The minimum atomic E-state index is 0.720. The van der Waals surface area contributed by atoms with Crippen molar-refractivity contribution in [3.05, 3.63) is 58.6 Å². The molecule has 18 heavy (non-hydrogen) atoms. The number of halogens is 1. The highest BCUT2D eigenvalue weighted by atomic mass is 35.5. The van der Waals surface area contributed by atoms with Crippen LogP contribution in [0.4, 0.5) is 11.4 Å². The lowest BCUT2D eigenvalue weighted by atomic mass is 10.1. The normalized spacial score (nSPS) is 10.4. The largest absolute Gasteiger partial charge is 0.398 e. The third-order valence-corrected chi connectivity index (χ3v) is 3.27. The Morgan fingerprint density at radius 2 is 1.89 bits per heavy atom. The maximum atomic E-state index is 6.00. The number of aryl methyl sites for hydroxylation is 1. The number of hydrogen-bond donors (Lipinski definition) is 1. The smallest absolute Gasteiger partial charge is 0.0447 e. The number of nitrogens with zero attached hydrogens (tertiary/aromatic N) is 1. The molecule has 2 aromatic carbocycles. The van der Waals surface area contributed by atoms with Gasteiger partial charge in [0.05, 0.1) is 0 Å². The number of rotatable bonds is 3. The lowest BCUT2D eigenvalue weighted by molar-refractivity contribution is 0.920. The van der Waals surface area contributed by atoms with Gasteiger partial charge in [0.1, 0.15) is 0 Å². The van der Waals surface area contributed by atoms with E-state index in [1.807, 2.05) is 30.3 Å². The van der Waals surface area contributed by atoms with E-state index in [0.29, 0.717) is 0 Å². The monoisotopic (exact) mass is 260 g/mol. The average molecular weight is 261 g/mol. The highest BCUT2D eigenvalue weighted by molar-refractivity contribution is 6.30. The first-order valence-corrected chi connectivity index (χ1v) is 6.26. The van der Waals surface area contributed by atoms with Crippen molar-refractivity contribution in [3.8, 4) is 0 Å². The van der Waals surface area contributed by atoms with Gasteiger partial charge < -0.3 is 10.6 Å². The van der Waals surface area contributed by atoms with Crippen LogP contribution in [0.1, 0.15) is 11.1 Å². The fourth-order valence-electron chi connectivity index (χ4n) is 2.04. The van der Waals surface area contributed by atoms with Gasteiger partial charge in [-0.3, -0.25) is 0 Å². The predicted octanol–water partition coefficient (Wildman–Crippen LogP) is 3.87. The van der Waals surface area contributed by atoms with Crippen LogP contribution in [-0.2, 0) is 6.54 Å². The Morgan fingerprint density at radius 3 is 2.61 bits per heavy atom. The van der Waals surface area contributed by atoms with Crippen LogP contribution >= 0.6 is 11.6 Å². The van der Waals surface area contributed by atoms with Crippen molar-refractivity contribution in [1.82, 2.24) is 0 Å². The molecule has 2 rings (SSSR count). The molecule has 0 saturated heterocycles. The number of para-hydroxylation sites is 1. The molecule has 0 aliphatic carbocycles. The molecule has 2 N–H and O–H groups in total. The van der Waals surface area contributed by atoms with E-state index < -0.39 is 0 Å². The van der Waals surface area contributed by atoms with Crippen LogP contribution in [0.2, 0.25) is 5.02 Å². The van der Waals surface area contributed by atoms with Gasteiger partial charge in [-0.25, -0.2) is 0 Å². The first-order chi connectivity index (χ1) is 8.58. The van der Waals surface area contributed by atoms with Crippen LogP contribution in [0.5, 0.6) is 0 Å². The molecule has 0 fully saturated rings. The summed E-state index contributed by atoms with van der Waals surface area (Å²) >= 11 is 6.00. The second kappa shape index (κ2) is 5.32. The van der Waals surface area contributed by atoms with Gasteiger partial charge in [0.2, 0.25) is 0 Å². The average Bonchev–Trinajstić information content (AvgIpc) is 2.34. The first-order valence-electron chi connectivity index (χ1n) is 5.88. The minimum absolute atomic E-state index is 0.720. The van der Waals surface area contributed by atoms with Crippen molar-refractivity contribution in [1.29, 1.82) is 0 Å². The molecule has 3 heteroatoms. The zero-order chi connectivity index (χ0) is 13.1. The fraction of sp³-hybridized carbons (Fsp3) is 0.200. The Bertz CT molecular complexity index is 552. The Hall–Kier alpha value is -1.67. The lowest BCUT2D eigenvalue weighted by Crippen LogP contribution is -2.18. The number of nitrogens with two attached hydrogens (primary N) is 1. The maximum Gasteiger partial charge on any atom is 0.0447 e. The molecule has 0 unspecified atom stereocenters. The van der Waals surface area contributed by atoms with Crippen molar-refractivity contribution < 1.29 is 0 Å². The van der Waals surface area contributed by atoms with E-state index in [1.165, 1.54) is 11.3 Å². The topological polar surface area (TPSA) is 29.3 Å². The second-order valence-corrected chi connectivity index (χ2v) is 4.92. The van der Waals surface area contributed by atoms with Crippen molar-refractivity contribution in [2.75, 3.05) is 17.7 Å². The number of anilines is 2. The van der Waals surface area contributed by atoms with Crippen LogP contribution in [0.25, 0.3) is 0 Å². The summed E-state index contributed by atoms with van der Waals surface area (Å²) in [5.74, 6) is 0. The van der Waals surface area contributed by atoms with Crippen molar-refractivity contribution in [2.45, 2.75) is 13.5 Å². The highest BCUT2D eigenvalue weighted by Crippen LogP contribution is 2.23. The molecular weight excluding hydrogens is 244 g/mol. The summed E-state index contributed by atoms with van der Waals surface area (Å²) in [6, 6.07) is 13.9. The van der Waals surface area contributed by atoms with Crippen LogP contribution in [0.15, 0.2) is 42.5 Å². The Labute approximate surface area is 113 Å². The number of nitrogen functional groups attached to an aromatic ring is 1. The minimum Gasteiger partial charge on any atom is -0.398 e. The highest BCUT2D eigenvalue weighted by Gasteiger charge is 2.07. The van der Waals surface area contributed by atoms with Gasteiger partial charge in [-0.15, -0.1) is 0 Å². The summed E-state index contributed by atoms with van der Waals surface area (Å²) in [6.45, 7) is 2.85. The van der Waals surface area contributed by atoms with Crippen molar-refractivity contribution >= 4 is 23.0 Å². The molecule has 2 nitrogen and oxygen atoms in total. The van der Waals surface area contributed by atoms with E-state index in [-0.39, 0.29) is 0 Å². The molecule has 0 amide bonds. The number of benzene rings is 2. The second-order valence-electron chi connectivity index (χ2n) is 4.49. The van der Waals surface area contributed by atoms with Gasteiger partial charge in [0.25, 0.3) is 0 Å². The molecular formula is C15H17ClN2. The summed E-state index contributed by atoms with van der Waals surface area (Å²) in [7, 11) is 2.06. The third kappa shape index (κ3) is 2.77. The van der Waals surface area contributed by atoms with Gasteiger partial charge in [-0.1, -0.05) is 29.8 Å². The molecule has 0 saturated carbocycles. The van der Waals surface area contributed by atoms with Gasteiger partial charge >= 0.3 is 0 Å². The molecule has 0 bridgehead atoms. The molecule has 2 aromatic rings. The summed E-state index contributed by atoms with van der Waals surface area (Å²) in [5.41, 5.74) is 10.3. The molecule has 0 aliphatic heterocycles. The summed E-state index contributed by atoms with van der Waals surface area (Å²) in [6.07, 6.45) is 0. The predicted molar refractivity (Wildman–Crippen MR) is 79.2 cm³/mol. The Kier molecular flexibility index (Phi) is 3.78. The standard InChI is InChI=1S/C15H17ClN2/c1-11-5-3-4-6-15(11)18(2)10-12-9-13(16)7-8-14(12)17/h3-9H,10,17H2,1-2H3. The molecule has 0 heterocycles. The van der Waals surface area contributed by atoms with Crippen LogP contribution < -0.4 is 10.6 Å². The van der Waals surface area contributed by atoms with E-state index in [1.54, 1.807) is 0 Å². The summed E-state index contributed by atoms with van der Waals surface area (Å²) in [4.78, 5) is 2.18. The third-order valence-electron chi connectivity index (χ3n) is 3.04. The molecule has 0 aromatic heterocycles. The molecule has 94 valence electrons. The SMILES string of the molecule is Cc1ccccc1N(C)Cc1cc(Cl)ccc1N. The van der Waals surface area contributed by atoms with Crippen LogP contribution in [0.3, 0.4) is 0 Å². The maximum absolute atomic E-state index is 6.00. The fourth-order valence-corrected chi connectivity index (χ4v) is 2.24. The molecule has 0 aliphatic rings. The first kappa shape index (κ1) is 12.8. The van der Waals surface area contributed by atoms with E-state index >= 15 is 0 Å². The van der Waals surface area contributed by atoms with Gasteiger partial charge in [0, 0.05) is 30.0 Å². The van der Waals surface area contributed by atoms with Crippen LogP contribution in [-0.4, -0.2) is 7.05 Å². The zero-order valence-electron chi connectivity index (χ0n) is 10.7. The number of hydrogen-bond acceptors (Lipinski definition) is 2. The lowest BCUT2D eigenvalue weighted by Gasteiger charge is -2.22. The molecule has 0 spiro atoms. The molecule has 0 radical (unpaired) electrons. The van der Waals surface area contributed by atoms with E-state index in [2.05, 4.69) is 31.0 Å². The van der Waals surface area contributed by atoms with Gasteiger partial charge in [-0.2, -0.15) is 0 Å². The Morgan fingerprint density at radius 1 is 1.17 bits per heavy atom. The van der Waals surface area contributed by atoms with Crippen molar-refractivity contribution in [2.24, 2.45) is 0 Å². The quantitative estimate of drug-likeness (QED) is 0.849. The zero-order valence-corrected chi connectivity index (χ0v) is 11.4. The van der Waals surface area contributed by atoms with E-state index in [9.17, 15) is 0 Å². The van der Waals surface area contributed by atoms with Gasteiger partial charge in [0.15, 0.2) is 0 Å². The molecule has 0 atom stereocenters. The van der Waals surface area contributed by atoms with Crippen molar-refractivity contribution in [3.63, 3.8) is 0 Å². The van der Waals surface area contributed by atoms with Crippen LogP contribution in [0, 0.1) is 6.92 Å². The summed E-state index contributed by atoms with van der Waals surface area (Å²) in [5, 5.41) is 0.720.